The van der Waals surface area contributed by atoms with Crippen LogP contribution in [0.3, 0.4) is 0 Å². The molecule has 1 saturated heterocycles. The molecule has 0 aromatic heterocycles. The Morgan fingerprint density at radius 2 is 1.29 bits per heavy atom. The van der Waals surface area contributed by atoms with Gasteiger partial charge in [-0.15, -0.1) is 0 Å². The van der Waals surface area contributed by atoms with Gasteiger partial charge in [-0.05, 0) is 11.1 Å². The van der Waals surface area contributed by atoms with E-state index < -0.39 is 0 Å². The highest BCUT2D eigenvalue weighted by Gasteiger charge is 2.38. The number of benzene rings is 2. The van der Waals surface area contributed by atoms with Crippen molar-refractivity contribution in [2.24, 2.45) is 0 Å². The van der Waals surface area contributed by atoms with Gasteiger partial charge in [-0.3, -0.25) is 4.79 Å². The van der Waals surface area contributed by atoms with Gasteiger partial charge in [0.05, 0.1) is 5.92 Å². The first-order valence-electron chi connectivity index (χ1n) is 8.19. The number of rotatable bonds is 5. The molecule has 0 radical (unpaired) electrons. The predicted molar refractivity (Wildman–Crippen MR) is 92.9 cm³/mol. The Kier molecular flexibility index (Phi) is 5.28. The molecule has 2 aromatic rings. The minimum absolute atomic E-state index is 0.0776. The molecule has 0 saturated carbocycles. The number of amides is 1. The molecule has 0 unspecified atom stereocenters. The van der Waals surface area contributed by atoms with Gasteiger partial charge in [-0.2, -0.15) is 0 Å². The maximum Gasteiger partial charge on any atom is 0.234 e. The number of hydrogen-bond donors (Lipinski definition) is 0. The summed E-state index contributed by atoms with van der Waals surface area (Å²) < 4.78 is 10.9. The molecule has 0 aliphatic carbocycles. The molecule has 0 bridgehead atoms. The van der Waals surface area contributed by atoms with Crippen molar-refractivity contribution in [3.63, 3.8) is 0 Å². The molecule has 3 rings (SSSR count). The first kappa shape index (κ1) is 16.7. The average Bonchev–Trinajstić information content (AvgIpc) is 3.07. The van der Waals surface area contributed by atoms with Gasteiger partial charge < -0.3 is 14.4 Å². The highest BCUT2D eigenvalue weighted by Crippen LogP contribution is 2.29. The Morgan fingerprint density at radius 1 is 0.875 bits per heavy atom. The van der Waals surface area contributed by atoms with E-state index in [4.69, 9.17) is 9.47 Å². The molecule has 2 atom stereocenters. The third-order valence-corrected chi connectivity index (χ3v) is 4.65. The summed E-state index contributed by atoms with van der Waals surface area (Å²) in [6.07, 6.45) is -0.155. The van der Waals surface area contributed by atoms with Gasteiger partial charge >= 0.3 is 0 Å². The van der Waals surface area contributed by atoms with Crippen molar-refractivity contribution < 1.29 is 14.3 Å². The van der Waals surface area contributed by atoms with Crippen LogP contribution < -0.4 is 0 Å². The summed E-state index contributed by atoms with van der Waals surface area (Å²) >= 11 is 0. The molecule has 1 fully saturated rings. The highest BCUT2D eigenvalue weighted by molar-refractivity contribution is 5.87. The van der Waals surface area contributed by atoms with E-state index in [1.807, 2.05) is 65.6 Å². The van der Waals surface area contributed by atoms with Gasteiger partial charge in [-0.1, -0.05) is 60.7 Å². The van der Waals surface area contributed by atoms with Crippen LogP contribution in [0, 0.1) is 0 Å². The molecule has 2 aromatic carbocycles. The van der Waals surface area contributed by atoms with Crippen LogP contribution >= 0.6 is 0 Å². The number of carbonyl (C=O) groups excluding carboxylic acids is 1. The molecule has 24 heavy (non-hydrogen) atoms. The molecule has 1 amide bonds. The predicted octanol–water partition coefficient (Wildman–Crippen LogP) is 2.69. The lowest BCUT2D eigenvalue weighted by Crippen LogP contribution is -2.35. The second-order valence-electron chi connectivity index (χ2n) is 6.05. The molecule has 1 aliphatic heterocycles. The average molecular weight is 325 g/mol. The first-order valence-corrected chi connectivity index (χ1v) is 8.19. The fourth-order valence-corrected chi connectivity index (χ4v) is 3.33. The summed E-state index contributed by atoms with van der Waals surface area (Å²) in [5, 5.41) is 0. The van der Waals surface area contributed by atoms with Gasteiger partial charge in [0, 0.05) is 27.3 Å². The lowest BCUT2D eigenvalue weighted by atomic mass is 9.90. The quantitative estimate of drug-likeness (QED) is 0.848. The third-order valence-electron chi connectivity index (χ3n) is 4.65. The smallest absolute Gasteiger partial charge is 0.234 e. The molecular weight excluding hydrogens is 302 g/mol. The fourth-order valence-electron chi connectivity index (χ4n) is 3.33. The maximum atomic E-state index is 13.3. The van der Waals surface area contributed by atoms with Gasteiger partial charge in [0.25, 0.3) is 0 Å². The second-order valence-corrected chi connectivity index (χ2v) is 6.05. The Labute approximate surface area is 143 Å². The van der Waals surface area contributed by atoms with E-state index in [1.54, 1.807) is 14.2 Å². The van der Waals surface area contributed by atoms with Crippen LogP contribution in [-0.4, -0.2) is 50.3 Å². The van der Waals surface area contributed by atoms with E-state index in [0.717, 1.165) is 11.1 Å². The summed E-state index contributed by atoms with van der Waals surface area (Å²) in [7, 11) is 3.33. The summed E-state index contributed by atoms with van der Waals surface area (Å²) in [4.78, 5) is 15.1. The van der Waals surface area contributed by atoms with E-state index in [9.17, 15) is 4.79 Å². The van der Waals surface area contributed by atoms with Crippen LogP contribution in [0.15, 0.2) is 60.7 Å². The van der Waals surface area contributed by atoms with Gasteiger partial charge in [0.2, 0.25) is 5.91 Å². The number of hydrogen-bond acceptors (Lipinski definition) is 3. The van der Waals surface area contributed by atoms with Crippen molar-refractivity contribution in [2.45, 2.75) is 18.1 Å². The SMILES string of the molecule is CO[C@H]1CN(C(=O)C(c2ccccc2)c2ccccc2)C[C@H]1OC. The molecule has 1 aliphatic rings. The normalized spacial score (nSPS) is 20.5. The zero-order chi connectivity index (χ0) is 16.9. The van der Waals surface area contributed by atoms with Crippen molar-refractivity contribution >= 4 is 5.91 Å². The number of likely N-dealkylation sites (tertiary alicyclic amines) is 1. The lowest BCUT2D eigenvalue weighted by Gasteiger charge is -2.24. The first-order chi connectivity index (χ1) is 11.7. The minimum Gasteiger partial charge on any atom is -0.377 e. The number of nitrogens with zero attached hydrogens (tertiary/aromatic N) is 1. The van der Waals surface area contributed by atoms with Crippen LogP contribution in [-0.2, 0) is 14.3 Å². The van der Waals surface area contributed by atoms with Crippen LogP contribution in [0.1, 0.15) is 17.0 Å². The molecule has 0 spiro atoms. The van der Waals surface area contributed by atoms with Crippen molar-refractivity contribution in [1.82, 2.24) is 4.90 Å². The van der Waals surface area contributed by atoms with Crippen LogP contribution in [0.25, 0.3) is 0 Å². The van der Waals surface area contributed by atoms with Crippen LogP contribution in [0.5, 0.6) is 0 Å². The Balaban J connectivity index is 1.91. The van der Waals surface area contributed by atoms with Crippen LogP contribution in [0.4, 0.5) is 0 Å². The monoisotopic (exact) mass is 325 g/mol. The number of methoxy groups -OCH3 is 2. The van der Waals surface area contributed by atoms with Crippen molar-refractivity contribution in [1.29, 1.82) is 0 Å². The molecule has 4 nitrogen and oxygen atoms in total. The maximum absolute atomic E-state index is 13.3. The largest absolute Gasteiger partial charge is 0.377 e. The van der Waals surface area contributed by atoms with Crippen LogP contribution in [0.2, 0.25) is 0 Å². The lowest BCUT2D eigenvalue weighted by molar-refractivity contribution is -0.131. The van der Waals surface area contributed by atoms with E-state index in [0.29, 0.717) is 13.1 Å². The summed E-state index contributed by atoms with van der Waals surface area (Å²) in [6.45, 7) is 1.12. The Bertz CT molecular complexity index is 608. The van der Waals surface area contributed by atoms with E-state index in [-0.39, 0.29) is 24.0 Å². The van der Waals surface area contributed by atoms with Gasteiger partial charge in [0.1, 0.15) is 12.2 Å². The standard InChI is InChI=1S/C20H23NO3/c1-23-17-13-21(14-18(17)24-2)20(22)19(15-9-5-3-6-10-15)16-11-7-4-8-12-16/h3-12,17-19H,13-14H2,1-2H3/t17-,18+. The minimum atomic E-state index is -0.305. The molecule has 4 heteroatoms. The summed E-state index contributed by atoms with van der Waals surface area (Å²) in [5.74, 6) is -0.213. The molecular formula is C20H23NO3. The Morgan fingerprint density at radius 3 is 1.67 bits per heavy atom. The molecule has 0 N–H and O–H groups in total. The Hall–Kier alpha value is -2.17. The number of ether oxygens (including phenoxy) is 2. The van der Waals surface area contributed by atoms with Gasteiger partial charge in [-0.25, -0.2) is 0 Å². The number of carbonyl (C=O) groups is 1. The summed E-state index contributed by atoms with van der Waals surface area (Å²) in [5.41, 5.74) is 2.01. The fraction of sp³-hybridized carbons (Fsp3) is 0.350. The zero-order valence-corrected chi connectivity index (χ0v) is 14.1. The highest BCUT2D eigenvalue weighted by atomic mass is 16.5. The summed E-state index contributed by atoms with van der Waals surface area (Å²) in [6, 6.07) is 19.8. The van der Waals surface area contributed by atoms with Crippen molar-refractivity contribution in [2.75, 3.05) is 27.3 Å². The topological polar surface area (TPSA) is 38.8 Å². The molecule has 1 heterocycles. The van der Waals surface area contributed by atoms with E-state index >= 15 is 0 Å². The zero-order valence-electron chi connectivity index (χ0n) is 14.1. The third kappa shape index (κ3) is 3.35. The molecule has 126 valence electrons. The van der Waals surface area contributed by atoms with Gasteiger partial charge in [0.15, 0.2) is 0 Å². The van der Waals surface area contributed by atoms with E-state index in [1.165, 1.54) is 0 Å². The van der Waals surface area contributed by atoms with E-state index in [2.05, 4.69) is 0 Å². The second kappa shape index (κ2) is 7.60. The van der Waals surface area contributed by atoms with Crippen molar-refractivity contribution in [3.05, 3.63) is 71.8 Å². The van der Waals surface area contributed by atoms with Crippen molar-refractivity contribution in [3.8, 4) is 0 Å².